The van der Waals surface area contributed by atoms with Crippen LogP contribution in [0.15, 0.2) is 24.3 Å². The lowest BCUT2D eigenvalue weighted by Gasteiger charge is -2.13. The number of terminal acetylenes is 1. The molecular weight excluding hydrogens is 256 g/mol. The van der Waals surface area contributed by atoms with E-state index in [2.05, 4.69) is 11.2 Å². The van der Waals surface area contributed by atoms with Crippen molar-refractivity contribution in [3.8, 4) is 18.1 Å². The molecule has 1 aromatic rings. The summed E-state index contributed by atoms with van der Waals surface area (Å²) < 4.78 is 5.43. The zero-order valence-corrected chi connectivity index (χ0v) is 11.3. The van der Waals surface area contributed by atoms with E-state index in [1.54, 1.807) is 0 Å². The van der Waals surface area contributed by atoms with E-state index in [-0.39, 0.29) is 24.8 Å². The Morgan fingerprint density at radius 1 is 1.45 bits per heavy atom. The number of hydrogen-bond donors (Lipinski definition) is 1. The summed E-state index contributed by atoms with van der Waals surface area (Å²) in [5.41, 5.74) is 0.901. The lowest BCUT2D eigenvalue weighted by Crippen LogP contribution is -2.36. The number of benzene rings is 1. The van der Waals surface area contributed by atoms with Crippen molar-refractivity contribution in [3.63, 3.8) is 0 Å². The topological polar surface area (TPSA) is 58.6 Å². The number of rotatable bonds is 5. The maximum atomic E-state index is 11.8. The Labute approximate surface area is 117 Å². The van der Waals surface area contributed by atoms with Crippen molar-refractivity contribution >= 4 is 11.8 Å². The van der Waals surface area contributed by atoms with Crippen LogP contribution in [0.3, 0.4) is 0 Å². The monoisotopic (exact) mass is 272 g/mol. The first kappa shape index (κ1) is 14.1. The molecule has 20 heavy (non-hydrogen) atoms. The Hall–Kier alpha value is -2.32. The summed E-state index contributed by atoms with van der Waals surface area (Å²) in [6, 6.07) is 6.99. The maximum Gasteiger partial charge on any atom is 0.246 e. The molecule has 104 valence electrons. The third-order valence-corrected chi connectivity index (χ3v) is 3.20. The average molecular weight is 272 g/mol. The number of likely N-dealkylation sites (tertiary alicyclic amines) is 1. The fraction of sp³-hybridized carbons (Fsp3) is 0.333. The first-order valence-corrected chi connectivity index (χ1v) is 6.31. The van der Waals surface area contributed by atoms with Crippen LogP contribution in [0, 0.1) is 12.3 Å². The van der Waals surface area contributed by atoms with Gasteiger partial charge in [-0.3, -0.25) is 14.5 Å². The van der Waals surface area contributed by atoms with Crippen LogP contribution < -0.4 is 10.1 Å². The lowest BCUT2D eigenvalue weighted by molar-refractivity contribution is -0.137. The molecule has 1 heterocycles. The predicted molar refractivity (Wildman–Crippen MR) is 73.8 cm³/mol. The predicted octanol–water partition coefficient (Wildman–Crippen LogP) is 0.545. The van der Waals surface area contributed by atoms with E-state index in [1.807, 2.05) is 24.3 Å². The summed E-state index contributed by atoms with van der Waals surface area (Å²) in [4.78, 5) is 24.4. The van der Waals surface area contributed by atoms with Gasteiger partial charge in [0.1, 0.15) is 12.4 Å². The minimum Gasteiger partial charge on any atom is -0.481 e. The van der Waals surface area contributed by atoms with Gasteiger partial charge in [-0.15, -0.1) is 6.42 Å². The molecule has 2 rings (SSSR count). The molecule has 1 aliphatic rings. The Balaban J connectivity index is 1.99. The van der Waals surface area contributed by atoms with E-state index < -0.39 is 6.04 Å². The van der Waals surface area contributed by atoms with Gasteiger partial charge in [0.2, 0.25) is 11.8 Å². The fourth-order valence-electron chi connectivity index (χ4n) is 2.06. The van der Waals surface area contributed by atoms with Crippen molar-refractivity contribution in [2.45, 2.75) is 19.0 Å². The molecule has 2 amide bonds. The second-order valence-electron chi connectivity index (χ2n) is 4.53. The van der Waals surface area contributed by atoms with Gasteiger partial charge in [0.25, 0.3) is 0 Å². The number of nitrogens with one attached hydrogen (secondary N) is 1. The second kappa shape index (κ2) is 6.22. The third kappa shape index (κ3) is 2.98. The molecule has 0 saturated carbocycles. The van der Waals surface area contributed by atoms with Crippen molar-refractivity contribution in [1.82, 2.24) is 10.2 Å². The van der Waals surface area contributed by atoms with E-state index >= 15 is 0 Å². The molecule has 1 atom stereocenters. The molecule has 0 aromatic heterocycles. The number of para-hydroxylation sites is 1. The minimum atomic E-state index is -0.465. The normalized spacial score (nSPS) is 18.2. The van der Waals surface area contributed by atoms with Gasteiger partial charge >= 0.3 is 0 Å². The third-order valence-electron chi connectivity index (χ3n) is 3.20. The standard InChI is InChI=1S/C15H16N2O3/c1-3-8-20-13-7-5-4-6-11(13)10-16-12-9-14(18)17(2)15(12)19/h1,4-7,12,16H,8-10H2,2H3. The van der Waals surface area contributed by atoms with Crippen LogP contribution in [0.25, 0.3) is 0 Å². The Morgan fingerprint density at radius 2 is 2.20 bits per heavy atom. The summed E-state index contributed by atoms with van der Waals surface area (Å²) in [6.45, 7) is 0.638. The number of amides is 2. The highest BCUT2D eigenvalue weighted by Gasteiger charge is 2.35. The number of carbonyl (C=O) groups is 2. The molecule has 1 N–H and O–H groups in total. The minimum absolute atomic E-state index is 0.163. The van der Waals surface area contributed by atoms with Gasteiger partial charge in [-0.05, 0) is 6.07 Å². The first-order valence-electron chi connectivity index (χ1n) is 6.31. The van der Waals surface area contributed by atoms with Crippen LogP contribution in [0.1, 0.15) is 12.0 Å². The summed E-state index contributed by atoms with van der Waals surface area (Å²) in [7, 11) is 1.50. The number of hydrogen-bond acceptors (Lipinski definition) is 4. The molecule has 0 radical (unpaired) electrons. The number of ether oxygens (including phenoxy) is 1. The average Bonchev–Trinajstić information content (AvgIpc) is 2.71. The van der Waals surface area contributed by atoms with Crippen molar-refractivity contribution in [2.24, 2.45) is 0 Å². The van der Waals surface area contributed by atoms with Crippen molar-refractivity contribution in [3.05, 3.63) is 29.8 Å². The summed E-state index contributed by atoms with van der Waals surface area (Å²) in [5.74, 6) is 2.73. The molecule has 1 unspecified atom stereocenters. The highest BCUT2D eigenvalue weighted by atomic mass is 16.5. The number of nitrogens with zero attached hydrogens (tertiary/aromatic N) is 1. The van der Waals surface area contributed by atoms with E-state index in [1.165, 1.54) is 7.05 Å². The van der Waals surface area contributed by atoms with Gasteiger partial charge in [0.15, 0.2) is 0 Å². The lowest BCUT2D eigenvalue weighted by atomic mass is 10.1. The number of likely N-dealkylation sites (N-methyl/N-ethyl adjacent to an activating group) is 1. The van der Waals surface area contributed by atoms with E-state index in [4.69, 9.17) is 11.2 Å². The number of carbonyl (C=O) groups excluding carboxylic acids is 2. The van der Waals surface area contributed by atoms with Crippen LogP contribution in [0.4, 0.5) is 0 Å². The molecule has 5 nitrogen and oxygen atoms in total. The largest absolute Gasteiger partial charge is 0.481 e. The zero-order chi connectivity index (χ0) is 14.5. The van der Waals surface area contributed by atoms with Gasteiger partial charge in [-0.1, -0.05) is 24.1 Å². The maximum absolute atomic E-state index is 11.8. The highest BCUT2D eigenvalue weighted by Crippen LogP contribution is 2.19. The molecule has 0 bridgehead atoms. The van der Waals surface area contributed by atoms with Crippen LogP contribution in [-0.4, -0.2) is 36.4 Å². The molecule has 0 aliphatic carbocycles. The molecule has 5 heteroatoms. The van der Waals surface area contributed by atoms with Crippen LogP contribution >= 0.6 is 0 Å². The smallest absolute Gasteiger partial charge is 0.246 e. The van der Waals surface area contributed by atoms with Gasteiger partial charge in [0.05, 0.1) is 12.5 Å². The zero-order valence-electron chi connectivity index (χ0n) is 11.3. The SMILES string of the molecule is C#CCOc1ccccc1CNC1CC(=O)N(C)C1=O. The van der Waals surface area contributed by atoms with Crippen LogP contribution in [0.2, 0.25) is 0 Å². The van der Waals surface area contributed by atoms with Gasteiger partial charge in [-0.2, -0.15) is 0 Å². The van der Waals surface area contributed by atoms with Crippen molar-refractivity contribution < 1.29 is 14.3 Å². The van der Waals surface area contributed by atoms with Gasteiger partial charge in [0, 0.05) is 19.2 Å². The second-order valence-corrected chi connectivity index (χ2v) is 4.53. The first-order chi connectivity index (χ1) is 9.63. The Kier molecular flexibility index (Phi) is 4.38. The quantitative estimate of drug-likeness (QED) is 0.628. The molecular formula is C15H16N2O3. The molecule has 1 saturated heterocycles. The molecule has 1 fully saturated rings. The number of imide groups is 1. The molecule has 1 aliphatic heterocycles. The summed E-state index contributed by atoms with van der Waals surface area (Å²) >= 11 is 0. The van der Waals surface area contributed by atoms with Gasteiger partial charge < -0.3 is 10.1 Å². The van der Waals surface area contributed by atoms with Gasteiger partial charge in [-0.25, -0.2) is 0 Å². The Morgan fingerprint density at radius 3 is 2.85 bits per heavy atom. The van der Waals surface area contributed by atoms with E-state index in [9.17, 15) is 9.59 Å². The summed E-state index contributed by atoms with van der Waals surface area (Å²) in [6.07, 6.45) is 5.37. The van der Waals surface area contributed by atoms with Crippen LogP contribution in [-0.2, 0) is 16.1 Å². The molecule has 0 spiro atoms. The Bertz CT molecular complexity index is 562. The fourth-order valence-corrected chi connectivity index (χ4v) is 2.06. The van der Waals surface area contributed by atoms with Crippen LogP contribution in [0.5, 0.6) is 5.75 Å². The van der Waals surface area contributed by atoms with E-state index in [0.717, 1.165) is 10.5 Å². The molecule has 1 aromatic carbocycles. The highest BCUT2D eigenvalue weighted by molar-refractivity contribution is 6.05. The van der Waals surface area contributed by atoms with Crippen molar-refractivity contribution in [2.75, 3.05) is 13.7 Å². The summed E-state index contributed by atoms with van der Waals surface area (Å²) in [5, 5.41) is 3.08. The van der Waals surface area contributed by atoms with Crippen molar-refractivity contribution in [1.29, 1.82) is 0 Å². The van der Waals surface area contributed by atoms with E-state index in [0.29, 0.717) is 12.3 Å².